The largest absolute Gasteiger partial charge is 0.461 e. The number of esters is 1. The number of allylic oxidation sites excluding steroid dienone is 4. The molecule has 1 saturated heterocycles. The maximum atomic E-state index is 11.2. The lowest BCUT2D eigenvalue weighted by Gasteiger charge is -2.35. The fraction of sp³-hybridized carbons (Fsp3) is 0.792. The highest BCUT2D eigenvalue weighted by Crippen LogP contribution is 2.29. The molecule has 1 fully saturated rings. The first kappa shape index (κ1) is 23.9. The Morgan fingerprint density at radius 1 is 0.926 bits per heavy atom. The third-order valence-electron chi connectivity index (χ3n) is 5.45. The molecule has 1 heterocycles. The van der Waals surface area contributed by atoms with Gasteiger partial charge < -0.3 is 9.84 Å². The summed E-state index contributed by atoms with van der Waals surface area (Å²) in [6, 6.07) is 0. The molecule has 0 spiro atoms. The minimum absolute atomic E-state index is 0.0178. The first-order valence-corrected chi connectivity index (χ1v) is 11.4. The lowest BCUT2D eigenvalue weighted by molar-refractivity contribution is -0.188. The Labute approximate surface area is 167 Å². The van der Waals surface area contributed by atoms with Gasteiger partial charge in [-0.15, -0.1) is 0 Å². The fourth-order valence-electron chi connectivity index (χ4n) is 3.62. The lowest BCUT2D eigenvalue weighted by Crippen LogP contribution is -2.46. The van der Waals surface area contributed by atoms with Crippen LogP contribution in [0.15, 0.2) is 24.3 Å². The van der Waals surface area contributed by atoms with Crippen LogP contribution in [0.2, 0.25) is 0 Å². The van der Waals surface area contributed by atoms with E-state index in [0.29, 0.717) is 6.42 Å². The van der Waals surface area contributed by atoms with E-state index in [9.17, 15) is 9.90 Å². The Morgan fingerprint density at radius 2 is 1.56 bits per heavy atom. The molecule has 3 nitrogen and oxygen atoms in total. The van der Waals surface area contributed by atoms with Gasteiger partial charge in [0, 0.05) is 6.42 Å². The van der Waals surface area contributed by atoms with Gasteiger partial charge in [0.2, 0.25) is 0 Å². The molecule has 1 aliphatic heterocycles. The van der Waals surface area contributed by atoms with Crippen LogP contribution in [0.3, 0.4) is 0 Å². The van der Waals surface area contributed by atoms with Crippen LogP contribution >= 0.6 is 0 Å². The van der Waals surface area contributed by atoms with E-state index in [-0.39, 0.29) is 24.1 Å². The minimum atomic E-state index is -0.324. The second-order valence-corrected chi connectivity index (χ2v) is 7.90. The van der Waals surface area contributed by atoms with Gasteiger partial charge in [0.25, 0.3) is 0 Å². The molecular weight excluding hydrogens is 336 g/mol. The van der Waals surface area contributed by atoms with E-state index in [1.807, 2.05) is 6.92 Å². The number of carbonyl (C=O) groups excluding carboxylic acids is 1. The van der Waals surface area contributed by atoms with Crippen LogP contribution in [-0.4, -0.2) is 23.3 Å². The molecule has 156 valence electrons. The van der Waals surface area contributed by atoms with E-state index in [1.165, 1.54) is 57.8 Å². The Kier molecular flexibility index (Phi) is 14.1. The molecule has 0 radical (unpaired) electrons. The summed E-state index contributed by atoms with van der Waals surface area (Å²) in [4.78, 5) is 11.2. The summed E-state index contributed by atoms with van der Waals surface area (Å²) in [5.41, 5.74) is 0. The molecule has 0 amide bonds. The summed E-state index contributed by atoms with van der Waals surface area (Å²) in [7, 11) is 0. The van der Waals surface area contributed by atoms with Gasteiger partial charge in [-0.3, -0.25) is 4.79 Å². The van der Waals surface area contributed by atoms with Crippen LogP contribution in [-0.2, 0) is 9.53 Å². The van der Waals surface area contributed by atoms with Crippen molar-refractivity contribution >= 4 is 5.97 Å². The second-order valence-electron chi connectivity index (χ2n) is 7.90. The van der Waals surface area contributed by atoms with Gasteiger partial charge in [-0.1, -0.05) is 76.7 Å². The Balaban J connectivity index is 1.86. The van der Waals surface area contributed by atoms with Gasteiger partial charge >= 0.3 is 5.97 Å². The van der Waals surface area contributed by atoms with Crippen molar-refractivity contribution in [2.75, 3.05) is 0 Å². The predicted octanol–water partition coefficient (Wildman–Crippen LogP) is 6.50. The number of aliphatic hydroxyl groups is 1. The first-order valence-electron chi connectivity index (χ1n) is 11.4. The number of cyclic esters (lactones) is 1. The molecule has 0 aromatic heterocycles. The first-order chi connectivity index (χ1) is 13.2. The Hall–Kier alpha value is -1.09. The molecule has 3 heteroatoms. The highest BCUT2D eigenvalue weighted by atomic mass is 16.6. The van der Waals surface area contributed by atoms with E-state index in [1.54, 1.807) is 0 Å². The van der Waals surface area contributed by atoms with E-state index in [0.717, 1.165) is 25.7 Å². The van der Waals surface area contributed by atoms with Gasteiger partial charge in [-0.25, -0.2) is 0 Å². The van der Waals surface area contributed by atoms with Crippen molar-refractivity contribution in [3.8, 4) is 0 Å². The van der Waals surface area contributed by atoms with Gasteiger partial charge in [-0.2, -0.15) is 0 Å². The smallest absolute Gasteiger partial charge is 0.313 e. The van der Waals surface area contributed by atoms with Crippen LogP contribution in [0.5, 0.6) is 0 Å². The zero-order valence-corrected chi connectivity index (χ0v) is 17.7. The van der Waals surface area contributed by atoms with Crippen LogP contribution in [0.1, 0.15) is 104 Å². The molecule has 0 saturated carbocycles. The van der Waals surface area contributed by atoms with Crippen LogP contribution in [0, 0.1) is 5.92 Å². The van der Waals surface area contributed by atoms with Crippen molar-refractivity contribution < 1.29 is 14.6 Å². The Bertz CT molecular complexity index is 427. The topological polar surface area (TPSA) is 46.5 Å². The quantitative estimate of drug-likeness (QED) is 0.178. The van der Waals surface area contributed by atoms with E-state index in [4.69, 9.17) is 4.74 Å². The zero-order chi connectivity index (χ0) is 19.7. The van der Waals surface area contributed by atoms with Gasteiger partial charge in [0.05, 0.1) is 12.0 Å². The number of rotatable bonds is 17. The average Bonchev–Trinajstić information content (AvgIpc) is 2.64. The molecule has 0 bridgehead atoms. The summed E-state index contributed by atoms with van der Waals surface area (Å²) >= 11 is 0. The second kappa shape index (κ2) is 15.9. The maximum absolute atomic E-state index is 11.2. The molecule has 0 aromatic carbocycles. The summed E-state index contributed by atoms with van der Waals surface area (Å²) in [6.07, 6.45) is 24.5. The normalized spacial score (nSPS) is 20.9. The van der Waals surface area contributed by atoms with Gasteiger partial charge in [0.1, 0.15) is 6.10 Å². The zero-order valence-electron chi connectivity index (χ0n) is 17.7. The van der Waals surface area contributed by atoms with Crippen LogP contribution in [0.25, 0.3) is 0 Å². The van der Waals surface area contributed by atoms with Gasteiger partial charge in [-0.05, 0) is 44.9 Å². The van der Waals surface area contributed by atoms with E-state index in [2.05, 4.69) is 31.2 Å². The fourth-order valence-corrected chi connectivity index (χ4v) is 3.62. The van der Waals surface area contributed by atoms with Crippen molar-refractivity contribution in [1.29, 1.82) is 0 Å². The van der Waals surface area contributed by atoms with Crippen molar-refractivity contribution in [3.05, 3.63) is 24.3 Å². The molecule has 0 aliphatic carbocycles. The molecular formula is C24H42O3. The third-order valence-corrected chi connectivity index (χ3v) is 5.45. The van der Waals surface area contributed by atoms with Crippen molar-refractivity contribution in [2.24, 2.45) is 5.92 Å². The molecule has 1 unspecified atom stereocenters. The highest BCUT2D eigenvalue weighted by molar-refractivity contribution is 5.78. The average molecular weight is 379 g/mol. The third kappa shape index (κ3) is 11.4. The molecule has 0 aromatic rings. The van der Waals surface area contributed by atoms with Crippen molar-refractivity contribution in [1.82, 2.24) is 0 Å². The predicted molar refractivity (Wildman–Crippen MR) is 114 cm³/mol. The van der Waals surface area contributed by atoms with Crippen LogP contribution < -0.4 is 0 Å². The monoisotopic (exact) mass is 378 g/mol. The standard InChI is InChI=1S/C24H42O3/c1-3-5-6-7-8-9-10-11-12-13-14-15-16-17-18-19-21(25)20-23-22(4-2)24(26)27-23/h8-9,11-12,21-23,25H,3-7,10,13-20H2,1-2H3/t21?,22-,23-/m1/s1. The molecule has 3 atom stereocenters. The SMILES string of the molecule is CCCCCC=CCC=CCCCCCCCC(O)C[C@H]1OC(=O)[C@@H]1CC. The van der Waals surface area contributed by atoms with Crippen LogP contribution in [0.4, 0.5) is 0 Å². The molecule has 1 rings (SSSR count). The number of hydrogen-bond acceptors (Lipinski definition) is 3. The number of carbonyl (C=O) groups is 1. The number of hydrogen-bond donors (Lipinski definition) is 1. The maximum Gasteiger partial charge on any atom is 0.313 e. The number of ether oxygens (including phenoxy) is 1. The van der Waals surface area contributed by atoms with Gasteiger partial charge in [0.15, 0.2) is 0 Å². The molecule has 1 aliphatic rings. The molecule has 1 N–H and O–H groups in total. The summed E-state index contributed by atoms with van der Waals surface area (Å²) in [5, 5.41) is 10.1. The summed E-state index contributed by atoms with van der Waals surface area (Å²) in [5.74, 6) is -0.0731. The highest BCUT2D eigenvalue weighted by Gasteiger charge is 2.41. The molecule has 27 heavy (non-hydrogen) atoms. The number of unbranched alkanes of at least 4 members (excludes halogenated alkanes) is 8. The van der Waals surface area contributed by atoms with E-state index >= 15 is 0 Å². The van der Waals surface area contributed by atoms with E-state index < -0.39 is 0 Å². The van der Waals surface area contributed by atoms with Crippen molar-refractivity contribution in [2.45, 2.75) is 116 Å². The lowest BCUT2D eigenvalue weighted by atomic mass is 9.89. The summed E-state index contributed by atoms with van der Waals surface area (Å²) in [6.45, 7) is 4.25. The minimum Gasteiger partial charge on any atom is -0.461 e. The van der Waals surface area contributed by atoms with Crippen molar-refractivity contribution in [3.63, 3.8) is 0 Å². The summed E-state index contributed by atoms with van der Waals surface area (Å²) < 4.78 is 5.13. The number of aliphatic hydroxyl groups excluding tert-OH is 1. The Morgan fingerprint density at radius 3 is 2.19 bits per heavy atom.